The van der Waals surface area contributed by atoms with Crippen LogP contribution in [-0.4, -0.2) is 58.6 Å². The molecule has 1 amide bonds. The number of carbonyl (C=O) groups excluding carboxylic acids is 1. The maximum atomic E-state index is 13.9. The molecule has 0 radical (unpaired) electrons. The van der Waals surface area contributed by atoms with Crippen molar-refractivity contribution in [2.75, 3.05) is 19.7 Å². The molecule has 1 aromatic heterocycles. The molecule has 6 rings (SSSR count). The zero-order chi connectivity index (χ0) is 34.4. The molecular formula is C39H44N4O5S. The second-order valence-electron chi connectivity index (χ2n) is 12.8. The summed E-state index contributed by atoms with van der Waals surface area (Å²) in [6.07, 6.45) is 2.42. The number of amides is 1. The van der Waals surface area contributed by atoms with Gasteiger partial charge < -0.3 is 9.64 Å². The van der Waals surface area contributed by atoms with Crippen molar-refractivity contribution < 1.29 is 17.9 Å². The van der Waals surface area contributed by atoms with E-state index >= 15 is 0 Å². The zero-order valence-corrected chi connectivity index (χ0v) is 29.0. The number of hydrogen-bond donors (Lipinski definition) is 0. The van der Waals surface area contributed by atoms with Crippen LogP contribution in [0.15, 0.2) is 119 Å². The highest BCUT2D eigenvalue weighted by Crippen LogP contribution is 2.28. The van der Waals surface area contributed by atoms with Crippen LogP contribution in [0.1, 0.15) is 55.8 Å². The van der Waals surface area contributed by atoms with Gasteiger partial charge in [0.05, 0.1) is 15.9 Å². The number of piperidine rings is 1. The number of benzene rings is 4. The van der Waals surface area contributed by atoms with Crippen LogP contribution in [0.5, 0.6) is 0 Å². The fourth-order valence-electron chi connectivity index (χ4n) is 6.65. The molecule has 0 saturated carbocycles. The number of imidazole rings is 1. The van der Waals surface area contributed by atoms with Crippen molar-refractivity contribution in [2.45, 2.75) is 69.6 Å². The van der Waals surface area contributed by atoms with Crippen molar-refractivity contribution >= 4 is 27.1 Å². The average molecular weight is 681 g/mol. The van der Waals surface area contributed by atoms with Gasteiger partial charge in [0.1, 0.15) is 6.61 Å². The highest BCUT2D eigenvalue weighted by Gasteiger charge is 2.31. The molecule has 1 saturated heterocycles. The van der Waals surface area contributed by atoms with Gasteiger partial charge in [-0.3, -0.25) is 9.47 Å². The highest BCUT2D eigenvalue weighted by molar-refractivity contribution is 7.90. The van der Waals surface area contributed by atoms with Gasteiger partial charge in [-0.1, -0.05) is 98.3 Å². The summed E-state index contributed by atoms with van der Waals surface area (Å²) in [5.74, 6) is 0. The predicted molar refractivity (Wildman–Crippen MR) is 192 cm³/mol. The molecule has 1 aliphatic heterocycles. The molecule has 49 heavy (non-hydrogen) atoms. The second kappa shape index (κ2) is 15.3. The van der Waals surface area contributed by atoms with Crippen LogP contribution in [0.2, 0.25) is 0 Å². The number of nitrogens with zero attached hydrogens (tertiary/aromatic N) is 4. The lowest BCUT2D eigenvalue weighted by molar-refractivity contribution is 0.0567. The Morgan fingerprint density at radius 2 is 1.35 bits per heavy atom. The molecule has 1 unspecified atom stereocenters. The third-order valence-electron chi connectivity index (χ3n) is 9.36. The summed E-state index contributed by atoms with van der Waals surface area (Å²) in [4.78, 5) is 31.3. The van der Waals surface area contributed by atoms with Crippen molar-refractivity contribution in [3.8, 4) is 0 Å². The highest BCUT2D eigenvalue weighted by atomic mass is 32.2. The number of hydrogen-bond acceptors (Lipinski definition) is 6. The molecule has 0 aliphatic carbocycles. The summed E-state index contributed by atoms with van der Waals surface area (Å²) in [6, 6.07) is 34.0. The lowest BCUT2D eigenvalue weighted by atomic mass is 10.0. The van der Waals surface area contributed by atoms with Crippen molar-refractivity contribution in [1.82, 2.24) is 18.3 Å². The Labute approximate surface area is 288 Å². The molecule has 5 aromatic rings. The Hall–Kier alpha value is -4.67. The van der Waals surface area contributed by atoms with Crippen molar-refractivity contribution in [3.05, 3.63) is 136 Å². The number of aromatic nitrogens is 2. The summed E-state index contributed by atoms with van der Waals surface area (Å²) in [5.41, 5.74) is 3.74. The molecule has 256 valence electrons. The number of rotatable bonds is 12. The van der Waals surface area contributed by atoms with E-state index in [1.807, 2.05) is 36.4 Å². The van der Waals surface area contributed by atoms with Crippen LogP contribution in [0.3, 0.4) is 0 Å². The number of para-hydroxylation sites is 2. The first-order valence-electron chi connectivity index (χ1n) is 17.1. The van der Waals surface area contributed by atoms with E-state index in [0.717, 1.165) is 35.5 Å². The minimum absolute atomic E-state index is 0.0311. The normalized spacial score (nSPS) is 14.7. The van der Waals surface area contributed by atoms with E-state index in [2.05, 4.69) is 43.0 Å². The average Bonchev–Trinajstić information content (AvgIpc) is 3.43. The lowest BCUT2D eigenvalue weighted by Crippen LogP contribution is -2.43. The largest absolute Gasteiger partial charge is 0.448 e. The Morgan fingerprint density at radius 3 is 1.92 bits per heavy atom. The Bertz CT molecular complexity index is 1980. The number of ether oxygens (including phenoxy) is 1. The quantitative estimate of drug-likeness (QED) is 0.143. The zero-order valence-electron chi connectivity index (χ0n) is 28.1. The van der Waals surface area contributed by atoms with Gasteiger partial charge >= 0.3 is 11.8 Å². The SMILES string of the molecule is CCCc1ccc(S(=O)(=O)n2c(=O)n(C3CCN(C(=O)OCC(C)N(Cc4ccccc4)Cc4ccccc4)CC3)c3ccccc32)cc1. The second-order valence-corrected chi connectivity index (χ2v) is 14.6. The van der Waals surface area contributed by atoms with Crippen LogP contribution >= 0.6 is 0 Å². The first-order chi connectivity index (χ1) is 23.8. The van der Waals surface area contributed by atoms with E-state index in [9.17, 15) is 18.0 Å². The van der Waals surface area contributed by atoms with E-state index in [-0.39, 0.29) is 29.7 Å². The minimum atomic E-state index is -4.14. The number of carbonyl (C=O) groups is 1. The van der Waals surface area contributed by atoms with Crippen LogP contribution in [-0.2, 0) is 34.3 Å². The summed E-state index contributed by atoms with van der Waals surface area (Å²) in [5, 5.41) is 0. The van der Waals surface area contributed by atoms with Gasteiger partial charge in [0.25, 0.3) is 10.0 Å². The van der Waals surface area contributed by atoms with Gasteiger partial charge in [0.15, 0.2) is 0 Å². The first kappa shape index (κ1) is 34.2. The van der Waals surface area contributed by atoms with Crippen LogP contribution < -0.4 is 5.69 Å². The molecule has 1 atom stereocenters. The van der Waals surface area contributed by atoms with Gasteiger partial charge in [-0.25, -0.2) is 18.0 Å². The number of aryl methyl sites for hydroxylation is 1. The molecule has 1 fully saturated rings. The van der Waals surface area contributed by atoms with Gasteiger partial charge in [0, 0.05) is 38.3 Å². The Morgan fingerprint density at radius 1 is 0.796 bits per heavy atom. The van der Waals surface area contributed by atoms with Gasteiger partial charge in [-0.05, 0) is 67.1 Å². The number of fused-ring (bicyclic) bond motifs is 1. The van der Waals surface area contributed by atoms with Crippen LogP contribution in [0.4, 0.5) is 4.79 Å². The fraction of sp³-hybridized carbons (Fsp3) is 0.333. The van der Waals surface area contributed by atoms with E-state index < -0.39 is 15.7 Å². The standard InChI is InChI=1S/C39H44N4O5S/c1-3-12-31-19-21-35(22-20-31)49(46,47)43-37-18-11-10-17-36(37)42(38(43)44)34-23-25-40(26-24-34)39(45)48-29-30(2)41(27-32-13-6-4-7-14-32)28-33-15-8-5-9-16-33/h4-11,13-22,30,34H,3,12,23-29H2,1-2H3. The predicted octanol–water partition coefficient (Wildman–Crippen LogP) is 6.86. The minimum Gasteiger partial charge on any atom is -0.448 e. The summed E-state index contributed by atoms with van der Waals surface area (Å²) >= 11 is 0. The third kappa shape index (κ3) is 7.66. The molecule has 0 N–H and O–H groups in total. The van der Waals surface area contributed by atoms with Crippen molar-refractivity contribution in [2.24, 2.45) is 0 Å². The monoisotopic (exact) mass is 680 g/mol. The van der Waals surface area contributed by atoms with Gasteiger partial charge in [0.2, 0.25) is 0 Å². The molecule has 1 aliphatic rings. The summed E-state index contributed by atoms with van der Waals surface area (Å²) < 4.78 is 36.0. The maximum absolute atomic E-state index is 13.9. The number of likely N-dealkylation sites (tertiary alicyclic amines) is 1. The lowest BCUT2D eigenvalue weighted by Gasteiger charge is -2.33. The van der Waals surface area contributed by atoms with E-state index in [1.54, 1.807) is 58.0 Å². The van der Waals surface area contributed by atoms with E-state index in [4.69, 9.17) is 4.74 Å². The van der Waals surface area contributed by atoms with Crippen LogP contribution in [0.25, 0.3) is 11.0 Å². The fourth-order valence-corrected chi connectivity index (χ4v) is 8.05. The smallest absolute Gasteiger partial charge is 0.409 e. The molecule has 10 heteroatoms. The molecular weight excluding hydrogens is 637 g/mol. The molecule has 2 heterocycles. The van der Waals surface area contributed by atoms with Crippen LogP contribution in [0, 0.1) is 0 Å². The maximum Gasteiger partial charge on any atom is 0.409 e. The third-order valence-corrected chi connectivity index (χ3v) is 11.1. The van der Waals surface area contributed by atoms with E-state index in [0.29, 0.717) is 37.0 Å². The molecule has 0 bridgehead atoms. The van der Waals surface area contributed by atoms with Crippen molar-refractivity contribution in [3.63, 3.8) is 0 Å². The first-order valence-corrected chi connectivity index (χ1v) is 18.5. The molecule has 4 aromatic carbocycles. The Kier molecular flexibility index (Phi) is 10.7. The molecule has 9 nitrogen and oxygen atoms in total. The van der Waals surface area contributed by atoms with Gasteiger partial charge in [-0.2, -0.15) is 3.97 Å². The van der Waals surface area contributed by atoms with Gasteiger partial charge in [-0.15, -0.1) is 0 Å². The molecule has 0 spiro atoms. The summed E-state index contributed by atoms with van der Waals surface area (Å²) in [7, 11) is -4.14. The Balaban J connectivity index is 1.13. The summed E-state index contributed by atoms with van der Waals surface area (Å²) in [6.45, 7) is 6.62. The van der Waals surface area contributed by atoms with E-state index in [1.165, 1.54) is 11.1 Å². The topological polar surface area (TPSA) is 93.8 Å². The van der Waals surface area contributed by atoms with Crippen molar-refractivity contribution in [1.29, 1.82) is 0 Å².